The van der Waals surface area contributed by atoms with Gasteiger partial charge in [0.15, 0.2) is 0 Å². The van der Waals surface area contributed by atoms with Gasteiger partial charge in [-0.2, -0.15) is 13.2 Å². The molecule has 3 aromatic carbocycles. The standard InChI is InChI=1S/C25H21F3N4O3/c26-25(27,28)18-5-6-22(31-7-9-35-10-8-31)21(13-18)30-23(33)14-32-15-29-20-12-17-4-2-1-3-16(17)11-19(20)24(32)34/h1-6,11-13,15H,7-10,14H2,(H,30,33). The Balaban J connectivity index is 1.45. The number of amides is 1. The van der Waals surface area contributed by atoms with E-state index in [0.29, 0.717) is 42.9 Å². The molecule has 0 unspecified atom stereocenters. The fourth-order valence-corrected chi connectivity index (χ4v) is 4.20. The number of nitrogens with zero attached hydrogens (tertiary/aromatic N) is 3. The predicted molar refractivity (Wildman–Crippen MR) is 127 cm³/mol. The molecule has 0 spiro atoms. The highest BCUT2D eigenvalue weighted by atomic mass is 19.4. The van der Waals surface area contributed by atoms with Gasteiger partial charge in [-0.3, -0.25) is 14.2 Å². The number of carbonyl (C=O) groups is 1. The van der Waals surface area contributed by atoms with Gasteiger partial charge in [0.25, 0.3) is 5.56 Å². The van der Waals surface area contributed by atoms with Gasteiger partial charge >= 0.3 is 6.18 Å². The number of morpholine rings is 1. The number of halogens is 3. The van der Waals surface area contributed by atoms with E-state index in [-0.39, 0.29) is 5.69 Å². The molecular weight excluding hydrogens is 461 g/mol. The van der Waals surface area contributed by atoms with Crippen LogP contribution >= 0.6 is 0 Å². The minimum atomic E-state index is -4.56. The average molecular weight is 482 g/mol. The lowest BCUT2D eigenvalue weighted by atomic mass is 10.1. The number of anilines is 2. The SMILES string of the molecule is O=C(Cn1cnc2cc3ccccc3cc2c1=O)Nc1cc(C(F)(F)F)ccc1N1CCOCC1. The van der Waals surface area contributed by atoms with E-state index in [4.69, 9.17) is 4.74 Å². The molecular formula is C25H21F3N4O3. The van der Waals surface area contributed by atoms with Gasteiger partial charge in [-0.05, 0) is 41.1 Å². The first-order chi connectivity index (χ1) is 16.8. The summed E-state index contributed by atoms with van der Waals surface area (Å²) in [6.07, 6.45) is -3.29. The number of ether oxygens (including phenoxy) is 1. The van der Waals surface area contributed by atoms with Gasteiger partial charge in [0, 0.05) is 13.1 Å². The van der Waals surface area contributed by atoms with E-state index >= 15 is 0 Å². The first kappa shape index (κ1) is 22.9. The smallest absolute Gasteiger partial charge is 0.378 e. The Morgan fingerprint density at radius 3 is 2.46 bits per heavy atom. The van der Waals surface area contributed by atoms with Crippen LogP contribution in [0.15, 0.2) is 65.7 Å². The second-order valence-electron chi connectivity index (χ2n) is 8.27. The Morgan fingerprint density at radius 2 is 1.74 bits per heavy atom. The Labute approximate surface area is 197 Å². The molecule has 0 atom stereocenters. The molecule has 2 heterocycles. The lowest BCUT2D eigenvalue weighted by molar-refractivity contribution is -0.137. The van der Waals surface area contributed by atoms with Crippen molar-refractivity contribution >= 4 is 39.0 Å². The second-order valence-corrected chi connectivity index (χ2v) is 8.27. The van der Waals surface area contributed by atoms with Crippen LogP contribution in [-0.4, -0.2) is 41.8 Å². The molecule has 0 bridgehead atoms. The Bertz CT molecular complexity index is 1480. The molecule has 0 saturated carbocycles. The highest BCUT2D eigenvalue weighted by molar-refractivity contribution is 5.97. The summed E-state index contributed by atoms with van der Waals surface area (Å²) in [4.78, 5) is 32.0. The van der Waals surface area contributed by atoms with Crippen molar-refractivity contribution in [3.63, 3.8) is 0 Å². The van der Waals surface area contributed by atoms with E-state index in [1.165, 1.54) is 12.4 Å². The van der Waals surface area contributed by atoms with E-state index in [1.807, 2.05) is 29.2 Å². The summed E-state index contributed by atoms with van der Waals surface area (Å²) in [5, 5.41) is 4.71. The normalized spacial score (nSPS) is 14.4. The lowest BCUT2D eigenvalue weighted by Gasteiger charge is -2.31. The number of carbonyl (C=O) groups excluding carboxylic acids is 1. The van der Waals surface area contributed by atoms with Crippen LogP contribution < -0.4 is 15.8 Å². The van der Waals surface area contributed by atoms with Crippen LogP contribution in [0.25, 0.3) is 21.7 Å². The molecule has 0 aliphatic carbocycles. The molecule has 180 valence electrons. The van der Waals surface area contributed by atoms with Crippen molar-refractivity contribution in [2.75, 3.05) is 36.5 Å². The topological polar surface area (TPSA) is 76.5 Å². The number of hydrogen-bond acceptors (Lipinski definition) is 5. The quantitative estimate of drug-likeness (QED) is 0.445. The van der Waals surface area contributed by atoms with Crippen LogP contribution in [0.2, 0.25) is 0 Å². The molecule has 5 rings (SSSR count). The van der Waals surface area contributed by atoms with Crippen molar-refractivity contribution in [1.82, 2.24) is 9.55 Å². The zero-order chi connectivity index (χ0) is 24.6. The van der Waals surface area contributed by atoms with Crippen LogP contribution in [0.1, 0.15) is 5.56 Å². The number of alkyl halides is 3. The third-order valence-corrected chi connectivity index (χ3v) is 5.96. The predicted octanol–water partition coefficient (Wildman–Crippen LogP) is 4.04. The Morgan fingerprint density at radius 1 is 1.03 bits per heavy atom. The molecule has 7 nitrogen and oxygen atoms in total. The summed E-state index contributed by atoms with van der Waals surface area (Å²) in [5.41, 5.74) is -0.294. The van der Waals surface area contributed by atoms with E-state index < -0.39 is 29.8 Å². The Hall–Kier alpha value is -3.92. The minimum absolute atomic E-state index is 0.0273. The minimum Gasteiger partial charge on any atom is -0.378 e. The van der Waals surface area contributed by atoms with Crippen LogP contribution in [0.4, 0.5) is 24.5 Å². The number of nitrogens with one attached hydrogen (secondary N) is 1. The molecule has 1 fully saturated rings. The molecule has 4 aromatic rings. The molecule has 1 aliphatic heterocycles. The van der Waals surface area contributed by atoms with Crippen molar-refractivity contribution in [2.45, 2.75) is 12.7 Å². The summed E-state index contributed by atoms with van der Waals surface area (Å²) in [6, 6.07) is 14.3. The van der Waals surface area contributed by atoms with Gasteiger partial charge in [-0.15, -0.1) is 0 Å². The number of fused-ring (bicyclic) bond motifs is 2. The fraction of sp³-hybridized carbons (Fsp3) is 0.240. The number of benzene rings is 3. The summed E-state index contributed by atoms with van der Waals surface area (Å²) >= 11 is 0. The molecule has 1 saturated heterocycles. The fourth-order valence-electron chi connectivity index (χ4n) is 4.20. The monoisotopic (exact) mass is 482 g/mol. The van der Waals surface area contributed by atoms with Crippen LogP contribution in [-0.2, 0) is 22.3 Å². The van der Waals surface area contributed by atoms with Crippen molar-refractivity contribution in [3.8, 4) is 0 Å². The maximum Gasteiger partial charge on any atom is 0.416 e. The molecule has 10 heteroatoms. The summed E-state index contributed by atoms with van der Waals surface area (Å²) < 4.78 is 46.5. The number of hydrogen-bond donors (Lipinski definition) is 1. The van der Waals surface area contributed by atoms with Gasteiger partial charge in [0.05, 0.1) is 47.4 Å². The highest BCUT2D eigenvalue weighted by Gasteiger charge is 2.32. The highest BCUT2D eigenvalue weighted by Crippen LogP contribution is 2.35. The maximum atomic E-state index is 13.3. The van der Waals surface area contributed by atoms with E-state index in [0.717, 1.165) is 27.5 Å². The molecule has 35 heavy (non-hydrogen) atoms. The van der Waals surface area contributed by atoms with Crippen LogP contribution in [0, 0.1) is 0 Å². The van der Waals surface area contributed by atoms with Gasteiger partial charge in [-0.1, -0.05) is 24.3 Å². The van der Waals surface area contributed by atoms with Gasteiger partial charge in [0.1, 0.15) is 6.54 Å². The van der Waals surface area contributed by atoms with E-state index in [2.05, 4.69) is 10.3 Å². The second kappa shape index (κ2) is 9.03. The average Bonchev–Trinajstić information content (AvgIpc) is 2.85. The molecule has 0 radical (unpaired) electrons. The van der Waals surface area contributed by atoms with E-state index in [9.17, 15) is 22.8 Å². The Kier molecular flexibility index (Phi) is 5.89. The third kappa shape index (κ3) is 4.69. The maximum absolute atomic E-state index is 13.3. The first-order valence-corrected chi connectivity index (χ1v) is 11.0. The largest absolute Gasteiger partial charge is 0.416 e. The lowest BCUT2D eigenvalue weighted by Crippen LogP contribution is -2.37. The van der Waals surface area contributed by atoms with E-state index in [1.54, 1.807) is 12.1 Å². The summed E-state index contributed by atoms with van der Waals surface area (Å²) in [5.74, 6) is -0.636. The van der Waals surface area contributed by atoms with Crippen molar-refractivity contribution in [3.05, 3.63) is 76.8 Å². The molecule has 1 amide bonds. The zero-order valence-electron chi connectivity index (χ0n) is 18.5. The molecule has 1 aromatic heterocycles. The van der Waals surface area contributed by atoms with Crippen molar-refractivity contribution < 1.29 is 22.7 Å². The van der Waals surface area contributed by atoms with Crippen molar-refractivity contribution in [2.24, 2.45) is 0 Å². The summed E-state index contributed by atoms with van der Waals surface area (Å²) in [6.45, 7) is 1.43. The van der Waals surface area contributed by atoms with Gasteiger partial charge < -0.3 is 15.0 Å². The van der Waals surface area contributed by atoms with Crippen LogP contribution in [0.5, 0.6) is 0 Å². The zero-order valence-corrected chi connectivity index (χ0v) is 18.5. The third-order valence-electron chi connectivity index (χ3n) is 5.96. The summed E-state index contributed by atoms with van der Waals surface area (Å²) in [7, 11) is 0. The number of aromatic nitrogens is 2. The number of rotatable bonds is 4. The van der Waals surface area contributed by atoms with Crippen molar-refractivity contribution in [1.29, 1.82) is 0 Å². The van der Waals surface area contributed by atoms with Crippen LogP contribution in [0.3, 0.4) is 0 Å². The first-order valence-electron chi connectivity index (χ1n) is 11.0. The molecule has 1 aliphatic rings. The molecule has 1 N–H and O–H groups in total. The van der Waals surface area contributed by atoms with Gasteiger partial charge in [0.2, 0.25) is 5.91 Å². The van der Waals surface area contributed by atoms with Gasteiger partial charge in [-0.25, -0.2) is 4.98 Å².